The number of H-pyrrole nitrogens is 1. The highest BCUT2D eigenvalue weighted by atomic mass is 35.5. The highest BCUT2D eigenvalue weighted by molar-refractivity contribution is 6.33. The first-order valence-electron chi connectivity index (χ1n) is 10.4. The minimum Gasteiger partial charge on any atom is -0.328 e. The summed E-state index contributed by atoms with van der Waals surface area (Å²) in [5.74, 6) is -0.909. The third kappa shape index (κ3) is 4.10. The molecule has 2 atom stereocenters. The first kappa shape index (κ1) is 20.9. The fourth-order valence-corrected chi connectivity index (χ4v) is 4.39. The Morgan fingerprint density at radius 3 is 2.64 bits per heavy atom. The van der Waals surface area contributed by atoms with Crippen molar-refractivity contribution in [2.45, 2.75) is 13.0 Å². The number of fused-ring (bicyclic) bond motifs is 1. The number of amides is 3. The number of nitrogens with zero attached hydrogens (tertiary/aromatic N) is 2. The highest BCUT2D eigenvalue weighted by Gasteiger charge is 2.36. The van der Waals surface area contributed by atoms with Gasteiger partial charge < -0.3 is 10.6 Å². The molecule has 164 valence electrons. The lowest BCUT2D eigenvalue weighted by Gasteiger charge is -2.30. The van der Waals surface area contributed by atoms with E-state index in [1.807, 2.05) is 60.7 Å². The number of aliphatic imine (C=N–C) groups is 1. The van der Waals surface area contributed by atoms with E-state index < -0.39 is 18.0 Å². The van der Waals surface area contributed by atoms with Crippen molar-refractivity contribution in [2.75, 3.05) is 5.32 Å². The largest absolute Gasteiger partial charge is 0.341 e. The minimum absolute atomic E-state index is 0.251. The first-order chi connectivity index (χ1) is 16.0. The van der Waals surface area contributed by atoms with Crippen molar-refractivity contribution in [3.63, 3.8) is 0 Å². The van der Waals surface area contributed by atoms with Gasteiger partial charge >= 0.3 is 6.03 Å². The maximum absolute atomic E-state index is 13.3. The van der Waals surface area contributed by atoms with Gasteiger partial charge in [-0.1, -0.05) is 54.1 Å². The van der Waals surface area contributed by atoms with Crippen molar-refractivity contribution in [3.8, 4) is 11.1 Å². The molecule has 0 saturated carbocycles. The molecule has 0 saturated heterocycles. The maximum Gasteiger partial charge on any atom is 0.341 e. The van der Waals surface area contributed by atoms with E-state index in [9.17, 15) is 9.59 Å². The molecule has 0 aliphatic carbocycles. The zero-order chi connectivity index (χ0) is 22.9. The van der Waals surface area contributed by atoms with E-state index in [1.54, 1.807) is 19.2 Å². The van der Waals surface area contributed by atoms with Crippen LogP contribution in [0, 0.1) is 5.92 Å². The van der Waals surface area contributed by atoms with Crippen LogP contribution in [0.15, 0.2) is 77.9 Å². The van der Waals surface area contributed by atoms with Crippen LogP contribution < -0.4 is 10.6 Å². The van der Waals surface area contributed by atoms with E-state index in [0.29, 0.717) is 16.4 Å². The standard InChI is InChI=1S/C25H20ClN5O2/c1-14-22(24(32)29-18-10-11-21-17(12-18)13-27-31-21)23(30-25(33)28-14)16-8-6-15(7-9-16)19-4-2-3-5-20(19)26/h2-13,22-23H,1H3,(H,27,31)(H,29,32)(H,30,33). The molecule has 4 aromatic rings. The highest BCUT2D eigenvalue weighted by Crippen LogP contribution is 2.32. The van der Waals surface area contributed by atoms with Crippen LogP contribution >= 0.6 is 11.6 Å². The molecule has 0 radical (unpaired) electrons. The van der Waals surface area contributed by atoms with Crippen LogP contribution in [0.2, 0.25) is 5.02 Å². The number of benzene rings is 3. The van der Waals surface area contributed by atoms with Gasteiger partial charge in [-0.25, -0.2) is 9.79 Å². The first-order valence-corrected chi connectivity index (χ1v) is 10.8. The van der Waals surface area contributed by atoms with Gasteiger partial charge in [0.05, 0.1) is 17.8 Å². The smallest absolute Gasteiger partial charge is 0.328 e. The van der Waals surface area contributed by atoms with Crippen molar-refractivity contribution >= 4 is 45.8 Å². The van der Waals surface area contributed by atoms with Gasteiger partial charge in [-0.2, -0.15) is 5.10 Å². The molecule has 7 nitrogen and oxygen atoms in total. The summed E-state index contributed by atoms with van der Waals surface area (Å²) in [7, 11) is 0. The van der Waals surface area contributed by atoms with Gasteiger partial charge in [0, 0.05) is 27.4 Å². The molecule has 0 bridgehead atoms. The topological polar surface area (TPSA) is 99.2 Å². The number of urea groups is 1. The Labute approximate surface area is 194 Å². The summed E-state index contributed by atoms with van der Waals surface area (Å²) in [5.41, 5.74) is 4.66. The number of nitrogens with one attached hydrogen (secondary N) is 3. The molecule has 1 aromatic heterocycles. The molecule has 0 spiro atoms. The van der Waals surface area contributed by atoms with Crippen molar-refractivity contribution in [1.82, 2.24) is 15.5 Å². The number of halogens is 1. The molecular weight excluding hydrogens is 438 g/mol. The van der Waals surface area contributed by atoms with Crippen molar-refractivity contribution in [2.24, 2.45) is 10.9 Å². The number of carbonyl (C=O) groups is 2. The molecule has 3 N–H and O–H groups in total. The lowest BCUT2D eigenvalue weighted by Crippen LogP contribution is -2.45. The predicted octanol–water partition coefficient (Wildman–Crippen LogP) is 5.36. The average Bonchev–Trinajstić information content (AvgIpc) is 3.27. The Morgan fingerprint density at radius 1 is 1.06 bits per heavy atom. The Morgan fingerprint density at radius 2 is 1.85 bits per heavy atom. The van der Waals surface area contributed by atoms with Gasteiger partial charge in [-0.15, -0.1) is 0 Å². The van der Waals surface area contributed by atoms with E-state index in [0.717, 1.165) is 27.6 Å². The number of aromatic amines is 1. The molecule has 8 heteroatoms. The summed E-state index contributed by atoms with van der Waals surface area (Å²) < 4.78 is 0. The molecule has 2 unspecified atom stereocenters. The van der Waals surface area contributed by atoms with Gasteiger partial charge in [-0.05, 0) is 42.3 Å². The second kappa shape index (κ2) is 8.52. The van der Waals surface area contributed by atoms with Crippen LogP contribution in [0.1, 0.15) is 18.5 Å². The van der Waals surface area contributed by atoms with Crippen molar-refractivity contribution < 1.29 is 9.59 Å². The fraction of sp³-hybridized carbons (Fsp3) is 0.120. The van der Waals surface area contributed by atoms with E-state index in [1.165, 1.54) is 0 Å². The summed E-state index contributed by atoms with van der Waals surface area (Å²) in [6.45, 7) is 1.70. The Balaban J connectivity index is 1.43. The molecule has 3 aromatic carbocycles. The molecule has 5 rings (SSSR count). The molecule has 33 heavy (non-hydrogen) atoms. The SMILES string of the molecule is CC1=NC(=O)NC(c2ccc(-c3ccccc3Cl)cc2)C1C(=O)Nc1ccc2[nH]ncc2c1. The van der Waals surface area contributed by atoms with Gasteiger partial charge in [0.1, 0.15) is 5.92 Å². The lowest BCUT2D eigenvalue weighted by molar-refractivity contribution is -0.118. The number of hydrogen-bond acceptors (Lipinski definition) is 3. The molecule has 3 amide bonds. The van der Waals surface area contributed by atoms with Crippen molar-refractivity contribution in [1.29, 1.82) is 0 Å². The van der Waals surface area contributed by atoms with Crippen molar-refractivity contribution in [3.05, 3.63) is 83.5 Å². The van der Waals surface area contributed by atoms with Gasteiger partial charge in [0.15, 0.2) is 0 Å². The summed E-state index contributed by atoms with van der Waals surface area (Å²) in [4.78, 5) is 29.5. The second-order valence-electron chi connectivity index (χ2n) is 7.92. The summed E-state index contributed by atoms with van der Waals surface area (Å²) in [6, 6.07) is 19.8. The quantitative estimate of drug-likeness (QED) is 0.384. The fourth-order valence-electron chi connectivity index (χ4n) is 4.14. The monoisotopic (exact) mass is 457 g/mol. The van der Waals surface area contributed by atoms with E-state index in [4.69, 9.17) is 11.6 Å². The summed E-state index contributed by atoms with van der Waals surface area (Å²) in [5, 5.41) is 14.2. The average molecular weight is 458 g/mol. The second-order valence-corrected chi connectivity index (χ2v) is 8.33. The van der Waals surface area contributed by atoms with Crippen LogP contribution in [0.4, 0.5) is 10.5 Å². The predicted molar refractivity (Wildman–Crippen MR) is 129 cm³/mol. The van der Waals surface area contributed by atoms with Crippen LogP contribution in [-0.2, 0) is 4.79 Å². The van der Waals surface area contributed by atoms with Crippen LogP contribution in [0.5, 0.6) is 0 Å². The van der Waals surface area contributed by atoms with Gasteiger partial charge in [-0.3, -0.25) is 9.89 Å². The maximum atomic E-state index is 13.3. The number of rotatable bonds is 4. The Hall–Kier alpha value is -3.97. The molecule has 1 aliphatic rings. The molecule has 0 fully saturated rings. The molecule has 1 aliphatic heterocycles. The minimum atomic E-state index is -0.658. The van der Waals surface area contributed by atoms with E-state index in [-0.39, 0.29) is 5.91 Å². The zero-order valence-corrected chi connectivity index (χ0v) is 18.4. The third-order valence-electron chi connectivity index (χ3n) is 5.79. The van der Waals surface area contributed by atoms with E-state index in [2.05, 4.69) is 25.8 Å². The number of carbonyl (C=O) groups excluding carboxylic acids is 2. The molecule has 2 heterocycles. The van der Waals surface area contributed by atoms with Crippen LogP contribution in [0.25, 0.3) is 22.0 Å². The summed E-state index contributed by atoms with van der Waals surface area (Å²) in [6.07, 6.45) is 1.70. The van der Waals surface area contributed by atoms with Crippen LogP contribution in [-0.4, -0.2) is 27.8 Å². The number of aromatic nitrogens is 2. The zero-order valence-electron chi connectivity index (χ0n) is 17.7. The van der Waals surface area contributed by atoms with Crippen LogP contribution in [0.3, 0.4) is 0 Å². The Kier molecular flexibility index (Phi) is 5.40. The van der Waals surface area contributed by atoms with Gasteiger partial charge in [0.2, 0.25) is 5.91 Å². The molecular formula is C25H20ClN5O2. The van der Waals surface area contributed by atoms with E-state index >= 15 is 0 Å². The third-order valence-corrected chi connectivity index (χ3v) is 6.11. The number of hydrogen-bond donors (Lipinski definition) is 3. The normalized spacial score (nSPS) is 18.0. The Bertz CT molecular complexity index is 1390. The van der Waals surface area contributed by atoms with Gasteiger partial charge in [0.25, 0.3) is 0 Å². The lowest BCUT2D eigenvalue weighted by atomic mass is 9.86. The number of anilines is 1. The summed E-state index contributed by atoms with van der Waals surface area (Å²) >= 11 is 6.32.